The maximum absolute atomic E-state index is 11.4. The van der Waals surface area contributed by atoms with E-state index < -0.39 is 0 Å². The van der Waals surface area contributed by atoms with Crippen LogP contribution in [-0.2, 0) is 0 Å². The zero-order valence-corrected chi connectivity index (χ0v) is 10.9. The Morgan fingerprint density at radius 1 is 1.47 bits per heavy atom. The van der Waals surface area contributed by atoms with Gasteiger partial charge in [-0.25, -0.2) is 4.79 Å². The Morgan fingerprint density at radius 3 is 2.71 bits per heavy atom. The summed E-state index contributed by atoms with van der Waals surface area (Å²) in [6.07, 6.45) is 2.52. The predicted molar refractivity (Wildman–Crippen MR) is 67.9 cm³/mol. The Hall–Kier alpha value is -0.810. The fourth-order valence-electron chi connectivity index (χ4n) is 1.93. The number of urea groups is 1. The van der Waals surface area contributed by atoms with Gasteiger partial charge in [-0.15, -0.1) is 0 Å². The van der Waals surface area contributed by atoms with Gasteiger partial charge in [-0.3, -0.25) is 0 Å². The number of aliphatic hydroxyl groups is 1. The van der Waals surface area contributed by atoms with Gasteiger partial charge in [-0.2, -0.15) is 0 Å². The van der Waals surface area contributed by atoms with E-state index in [4.69, 9.17) is 5.11 Å². The van der Waals surface area contributed by atoms with Crippen LogP contribution in [0.5, 0.6) is 0 Å². The van der Waals surface area contributed by atoms with E-state index in [0.29, 0.717) is 6.54 Å². The van der Waals surface area contributed by atoms with E-state index >= 15 is 0 Å². The van der Waals surface area contributed by atoms with Gasteiger partial charge < -0.3 is 20.6 Å². The minimum atomic E-state index is -0.197. The first-order valence-corrected chi connectivity index (χ1v) is 6.49. The molecule has 3 N–H and O–H groups in total. The molecule has 2 amide bonds. The number of piperidine rings is 1. The Morgan fingerprint density at radius 2 is 2.12 bits per heavy atom. The molecule has 1 heterocycles. The number of carbonyl (C=O) groups is 1. The minimum Gasteiger partial charge on any atom is -0.394 e. The third-order valence-corrected chi connectivity index (χ3v) is 3.24. The molecule has 1 atom stereocenters. The fourth-order valence-corrected chi connectivity index (χ4v) is 1.93. The standard InChI is InChI=1S/C12H25N3O2/c1-10-3-6-15(7-4-10)8-5-13-12(17)14-11(2)9-16/h10-11,16H,3-9H2,1-2H3,(H2,13,14,17). The number of nitrogens with zero attached hydrogens (tertiary/aromatic N) is 1. The van der Waals surface area contributed by atoms with Gasteiger partial charge in [0.05, 0.1) is 12.6 Å². The molecule has 0 radical (unpaired) electrons. The minimum absolute atomic E-state index is 0.0303. The molecule has 0 saturated carbocycles. The Kier molecular flexibility index (Phi) is 6.29. The number of hydrogen-bond donors (Lipinski definition) is 3. The topological polar surface area (TPSA) is 64.6 Å². The van der Waals surface area contributed by atoms with Gasteiger partial charge in [0, 0.05) is 13.1 Å². The highest BCUT2D eigenvalue weighted by atomic mass is 16.3. The number of rotatable bonds is 5. The lowest BCUT2D eigenvalue weighted by atomic mass is 9.99. The van der Waals surface area contributed by atoms with Crippen molar-refractivity contribution in [3.05, 3.63) is 0 Å². The van der Waals surface area contributed by atoms with Crippen molar-refractivity contribution < 1.29 is 9.90 Å². The smallest absolute Gasteiger partial charge is 0.315 e. The zero-order chi connectivity index (χ0) is 12.7. The summed E-state index contributed by atoms with van der Waals surface area (Å²) < 4.78 is 0. The van der Waals surface area contributed by atoms with E-state index in [1.54, 1.807) is 6.92 Å². The van der Waals surface area contributed by atoms with Crippen LogP contribution in [0.25, 0.3) is 0 Å². The molecule has 1 saturated heterocycles. The van der Waals surface area contributed by atoms with Crippen molar-refractivity contribution in [2.75, 3.05) is 32.8 Å². The average Bonchev–Trinajstić information content (AvgIpc) is 2.31. The molecular formula is C12H25N3O2. The molecule has 0 aromatic heterocycles. The van der Waals surface area contributed by atoms with Crippen molar-refractivity contribution in [3.63, 3.8) is 0 Å². The Balaban J connectivity index is 2.05. The summed E-state index contributed by atoms with van der Waals surface area (Å²) in [6, 6.07) is -0.386. The summed E-state index contributed by atoms with van der Waals surface area (Å²) in [5.41, 5.74) is 0. The van der Waals surface area contributed by atoms with E-state index in [-0.39, 0.29) is 18.7 Å². The monoisotopic (exact) mass is 243 g/mol. The van der Waals surface area contributed by atoms with Gasteiger partial charge in [0.25, 0.3) is 0 Å². The summed E-state index contributed by atoms with van der Waals surface area (Å²) in [5, 5.41) is 14.2. The number of nitrogens with one attached hydrogen (secondary N) is 2. The van der Waals surface area contributed by atoms with Crippen molar-refractivity contribution in [3.8, 4) is 0 Å². The van der Waals surface area contributed by atoms with Crippen LogP contribution in [0, 0.1) is 5.92 Å². The van der Waals surface area contributed by atoms with Gasteiger partial charge in [-0.05, 0) is 38.8 Å². The molecular weight excluding hydrogens is 218 g/mol. The van der Waals surface area contributed by atoms with Crippen molar-refractivity contribution in [2.45, 2.75) is 32.7 Å². The Labute approximate surface area is 104 Å². The second-order valence-corrected chi connectivity index (χ2v) is 5.01. The fraction of sp³-hybridized carbons (Fsp3) is 0.917. The predicted octanol–water partition coefficient (Wildman–Crippen LogP) is 0.398. The number of aliphatic hydroxyl groups excluding tert-OH is 1. The molecule has 5 heteroatoms. The molecule has 100 valence electrons. The van der Waals surface area contributed by atoms with Crippen LogP contribution in [0.15, 0.2) is 0 Å². The SMILES string of the molecule is CC1CCN(CCNC(=O)NC(C)CO)CC1. The van der Waals surface area contributed by atoms with E-state index in [0.717, 1.165) is 25.6 Å². The molecule has 0 spiro atoms. The lowest BCUT2D eigenvalue weighted by Gasteiger charge is -2.30. The Bertz CT molecular complexity index is 228. The summed E-state index contributed by atoms with van der Waals surface area (Å²) in [6.45, 7) is 7.88. The number of likely N-dealkylation sites (tertiary alicyclic amines) is 1. The summed E-state index contributed by atoms with van der Waals surface area (Å²) in [5.74, 6) is 0.841. The van der Waals surface area contributed by atoms with Crippen LogP contribution in [0.3, 0.4) is 0 Å². The van der Waals surface area contributed by atoms with Crippen molar-refractivity contribution >= 4 is 6.03 Å². The summed E-state index contributed by atoms with van der Waals surface area (Å²) >= 11 is 0. The molecule has 1 unspecified atom stereocenters. The molecule has 0 aromatic carbocycles. The highest BCUT2D eigenvalue weighted by Gasteiger charge is 2.15. The lowest BCUT2D eigenvalue weighted by molar-refractivity contribution is 0.190. The molecule has 1 rings (SSSR count). The first kappa shape index (κ1) is 14.3. The van der Waals surface area contributed by atoms with Crippen molar-refractivity contribution in [2.24, 2.45) is 5.92 Å². The average molecular weight is 243 g/mol. The van der Waals surface area contributed by atoms with Gasteiger partial charge in [-0.1, -0.05) is 6.92 Å². The van der Waals surface area contributed by atoms with E-state index in [2.05, 4.69) is 22.5 Å². The van der Waals surface area contributed by atoms with Crippen LogP contribution in [0.1, 0.15) is 26.7 Å². The first-order valence-electron chi connectivity index (χ1n) is 6.49. The molecule has 0 bridgehead atoms. The molecule has 1 aliphatic heterocycles. The number of hydrogen-bond acceptors (Lipinski definition) is 3. The maximum Gasteiger partial charge on any atom is 0.315 e. The van der Waals surface area contributed by atoms with E-state index in [1.807, 2.05) is 0 Å². The van der Waals surface area contributed by atoms with Gasteiger partial charge in [0.15, 0.2) is 0 Å². The van der Waals surface area contributed by atoms with Crippen molar-refractivity contribution in [1.29, 1.82) is 0 Å². The van der Waals surface area contributed by atoms with Gasteiger partial charge in [0.1, 0.15) is 0 Å². The van der Waals surface area contributed by atoms with Gasteiger partial charge >= 0.3 is 6.03 Å². The molecule has 0 aliphatic carbocycles. The van der Waals surface area contributed by atoms with Crippen LogP contribution in [0.2, 0.25) is 0 Å². The largest absolute Gasteiger partial charge is 0.394 e. The first-order chi connectivity index (χ1) is 8.11. The molecule has 17 heavy (non-hydrogen) atoms. The third-order valence-electron chi connectivity index (χ3n) is 3.24. The van der Waals surface area contributed by atoms with Crippen molar-refractivity contribution in [1.82, 2.24) is 15.5 Å². The number of amides is 2. The number of carbonyl (C=O) groups excluding carboxylic acids is 1. The molecule has 0 aromatic rings. The van der Waals surface area contributed by atoms with Crippen LogP contribution in [-0.4, -0.2) is 54.9 Å². The molecule has 1 fully saturated rings. The van der Waals surface area contributed by atoms with Crippen LogP contribution >= 0.6 is 0 Å². The lowest BCUT2D eigenvalue weighted by Crippen LogP contribution is -2.45. The third kappa shape index (κ3) is 5.89. The summed E-state index contributed by atoms with van der Waals surface area (Å²) in [4.78, 5) is 13.7. The second-order valence-electron chi connectivity index (χ2n) is 5.01. The highest BCUT2D eigenvalue weighted by Crippen LogP contribution is 2.14. The second kappa shape index (κ2) is 7.50. The normalized spacial score (nSPS) is 19.9. The van der Waals surface area contributed by atoms with Crippen LogP contribution in [0.4, 0.5) is 4.79 Å². The quantitative estimate of drug-likeness (QED) is 0.655. The summed E-state index contributed by atoms with van der Waals surface area (Å²) in [7, 11) is 0. The van der Waals surface area contributed by atoms with E-state index in [1.165, 1.54) is 12.8 Å². The molecule has 1 aliphatic rings. The zero-order valence-electron chi connectivity index (χ0n) is 10.9. The highest BCUT2D eigenvalue weighted by molar-refractivity contribution is 5.74. The van der Waals surface area contributed by atoms with E-state index in [9.17, 15) is 4.79 Å². The maximum atomic E-state index is 11.4. The molecule has 5 nitrogen and oxygen atoms in total. The van der Waals surface area contributed by atoms with Gasteiger partial charge in [0.2, 0.25) is 0 Å². The van der Waals surface area contributed by atoms with Crippen LogP contribution < -0.4 is 10.6 Å².